The summed E-state index contributed by atoms with van der Waals surface area (Å²) in [6, 6.07) is 0.0202. The van der Waals surface area contributed by atoms with Crippen LogP contribution in [0.5, 0.6) is 0 Å². The molecule has 0 spiro atoms. The largest absolute Gasteiger partial charge is 0.497 e. The first kappa shape index (κ1) is 10.5. The minimum Gasteiger partial charge on any atom is -0.497 e. The Morgan fingerprint density at radius 2 is 2.54 bits per heavy atom. The summed E-state index contributed by atoms with van der Waals surface area (Å²) in [5.74, 6) is 0.950. The molecule has 1 atom stereocenters. The van der Waals surface area contributed by atoms with Crippen LogP contribution in [0, 0.1) is 0 Å². The van der Waals surface area contributed by atoms with Crippen molar-refractivity contribution in [3.8, 4) is 0 Å². The molecular formula is C10H19NO2. The fourth-order valence-corrected chi connectivity index (χ4v) is 1.33. The summed E-state index contributed by atoms with van der Waals surface area (Å²) in [5.41, 5.74) is 5.92. The van der Waals surface area contributed by atoms with Gasteiger partial charge in [0.05, 0.1) is 12.6 Å². The van der Waals surface area contributed by atoms with Gasteiger partial charge in [-0.05, 0) is 32.3 Å². The van der Waals surface area contributed by atoms with Gasteiger partial charge >= 0.3 is 0 Å². The number of ether oxygens (including phenoxy) is 2. The van der Waals surface area contributed by atoms with E-state index in [2.05, 4.69) is 6.08 Å². The van der Waals surface area contributed by atoms with Crippen LogP contribution in [0.2, 0.25) is 0 Å². The Balaban J connectivity index is 2.21. The predicted molar refractivity (Wildman–Crippen MR) is 52.4 cm³/mol. The number of rotatable bonds is 5. The molecule has 0 aromatic carbocycles. The molecule has 0 aliphatic carbocycles. The van der Waals surface area contributed by atoms with Gasteiger partial charge in [0.2, 0.25) is 0 Å². The van der Waals surface area contributed by atoms with E-state index in [9.17, 15) is 0 Å². The van der Waals surface area contributed by atoms with Crippen LogP contribution < -0.4 is 5.73 Å². The van der Waals surface area contributed by atoms with E-state index >= 15 is 0 Å². The summed E-state index contributed by atoms with van der Waals surface area (Å²) in [6.07, 6.45) is 5.15. The SMILES string of the molecule is CCOCCC(N)C1=CCCCO1. The molecular weight excluding hydrogens is 166 g/mol. The standard InChI is InChI=1S/C10H19NO2/c1-2-12-8-6-9(11)10-5-3-4-7-13-10/h5,9H,2-4,6-8,11H2,1H3. The molecule has 3 heteroatoms. The normalized spacial score (nSPS) is 19.1. The summed E-state index contributed by atoms with van der Waals surface area (Å²) in [4.78, 5) is 0. The van der Waals surface area contributed by atoms with Crippen LogP contribution >= 0.6 is 0 Å². The minimum atomic E-state index is 0.0202. The van der Waals surface area contributed by atoms with E-state index in [0.717, 1.165) is 44.8 Å². The quantitative estimate of drug-likeness (QED) is 0.659. The summed E-state index contributed by atoms with van der Waals surface area (Å²) >= 11 is 0. The van der Waals surface area contributed by atoms with Crippen molar-refractivity contribution < 1.29 is 9.47 Å². The van der Waals surface area contributed by atoms with E-state index in [0.29, 0.717) is 0 Å². The average molecular weight is 185 g/mol. The smallest absolute Gasteiger partial charge is 0.109 e. The Morgan fingerprint density at radius 3 is 3.15 bits per heavy atom. The lowest BCUT2D eigenvalue weighted by atomic mass is 10.1. The molecule has 1 aliphatic heterocycles. The maximum Gasteiger partial charge on any atom is 0.109 e. The molecule has 76 valence electrons. The van der Waals surface area contributed by atoms with Gasteiger partial charge in [0.15, 0.2) is 0 Å². The highest BCUT2D eigenvalue weighted by Crippen LogP contribution is 2.14. The fraction of sp³-hybridized carbons (Fsp3) is 0.800. The van der Waals surface area contributed by atoms with Crippen molar-refractivity contribution >= 4 is 0 Å². The number of hydrogen-bond donors (Lipinski definition) is 1. The van der Waals surface area contributed by atoms with E-state index in [1.54, 1.807) is 0 Å². The van der Waals surface area contributed by atoms with Crippen molar-refractivity contribution in [2.45, 2.75) is 32.2 Å². The summed E-state index contributed by atoms with van der Waals surface area (Å²) in [6.45, 7) is 4.28. The van der Waals surface area contributed by atoms with E-state index in [1.165, 1.54) is 0 Å². The zero-order valence-electron chi connectivity index (χ0n) is 8.29. The zero-order valence-corrected chi connectivity index (χ0v) is 8.29. The molecule has 0 fully saturated rings. The second-order valence-electron chi connectivity index (χ2n) is 3.19. The molecule has 0 aromatic rings. The van der Waals surface area contributed by atoms with Crippen molar-refractivity contribution in [1.29, 1.82) is 0 Å². The van der Waals surface area contributed by atoms with Crippen LogP contribution in [0.15, 0.2) is 11.8 Å². The maximum absolute atomic E-state index is 5.92. The van der Waals surface area contributed by atoms with Crippen molar-refractivity contribution in [2.75, 3.05) is 19.8 Å². The van der Waals surface area contributed by atoms with Gasteiger partial charge < -0.3 is 15.2 Å². The molecule has 0 saturated carbocycles. The maximum atomic E-state index is 5.92. The Labute approximate surface area is 79.9 Å². The van der Waals surface area contributed by atoms with Gasteiger partial charge in [0.1, 0.15) is 5.76 Å². The van der Waals surface area contributed by atoms with Gasteiger partial charge in [-0.2, -0.15) is 0 Å². The first-order valence-electron chi connectivity index (χ1n) is 5.00. The summed E-state index contributed by atoms with van der Waals surface area (Å²) in [5, 5.41) is 0. The van der Waals surface area contributed by atoms with Crippen LogP contribution in [0.25, 0.3) is 0 Å². The highest BCUT2D eigenvalue weighted by atomic mass is 16.5. The highest BCUT2D eigenvalue weighted by molar-refractivity contribution is 5.03. The van der Waals surface area contributed by atoms with Gasteiger partial charge in [-0.15, -0.1) is 0 Å². The third kappa shape index (κ3) is 3.79. The van der Waals surface area contributed by atoms with Crippen LogP contribution in [-0.2, 0) is 9.47 Å². The van der Waals surface area contributed by atoms with Crippen LogP contribution in [-0.4, -0.2) is 25.9 Å². The molecule has 1 unspecified atom stereocenters. The molecule has 1 rings (SSSR count). The van der Waals surface area contributed by atoms with Crippen LogP contribution in [0.4, 0.5) is 0 Å². The molecule has 0 amide bonds. The molecule has 1 heterocycles. The van der Waals surface area contributed by atoms with Crippen molar-refractivity contribution in [2.24, 2.45) is 5.73 Å². The molecule has 1 aliphatic rings. The lowest BCUT2D eigenvalue weighted by Crippen LogP contribution is -2.27. The zero-order chi connectivity index (χ0) is 9.52. The Morgan fingerprint density at radius 1 is 1.69 bits per heavy atom. The third-order valence-corrected chi connectivity index (χ3v) is 2.11. The first-order chi connectivity index (χ1) is 6.34. The number of hydrogen-bond acceptors (Lipinski definition) is 3. The lowest BCUT2D eigenvalue weighted by Gasteiger charge is -2.20. The second kappa shape index (κ2) is 6.00. The van der Waals surface area contributed by atoms with Gasteiger partial charge in [-0.1, -0.05) is 0 Å². The number of allylic oxidation sites excluding steroid dienone is 1. The topological polar surface area (TPSA) is 44.5 Å². The molecule has 0 saturated heterocycles. The predicted octanol–water partition coefficient (Wildman–Crippen LogP) is 1.43. The summed E-state index contributed by atoms with van der Waals surface area (Å²) < 4.78 is 10.7. The monoisotopic (exact) mass is 185 g/mol. The van der Waals surface area contributed by atoms with Crippen LogP contribution in [0.3, 0.4) is 0 Å². The van der Waals surface area contributed by atoms with Crippen LogP contribution in [0.1, 0.15) is 26.2 Å². The lowest BCUT2D eigenvalue weighted by molar-refractivity contribution is 0.126. The molecule has 13 heavy (non-hydrogen) atoms. The van der Waals surface area contributed by atoms with E-state index < -0.39 is 0 Å². The Bertz CT molecular complexity index is 168. The molecule has 0 aromatic heterocycles. The van der Waals surface area contributed by atoms with Crippen molar-refractivity contribution in [3.05, 3.63) is 11.8 Å². The van der Waals surface area contributed by atoms with Crippen molar-refractivity contribution in [3.63, 3.8) is 0 Å². The van der Waals surface area contributed by atoms with Crippen molar-refractivity contribution in [1.82, 2.24) is 0 Å². The Hall–Kier alpha value is -0.540. The highest BCUT2D eigenvalue weighted by Gasteiger charge is 2.12. The molecule has 2 N–H and O–H groups in total. The van der Waals surface area contributed by atoms with E-state index in [1.807, 2.05) is 6.92 Å². The summed E-state index contributed by atoms with van der Waals surface area (Å²) in [7, 11) is 0. The third-order valence-electron chi connectivity index (χ3n) is 2.11. The van der Waals surface area contributed by atoms with E-state index in [4.69, 9.17) is 15.2 Å². The molecule has 3 nitrogen and oxygen atoms in total. The minimum absolute atomic E-state index is 0.0202. The molecule has 0 radical (unpaired) electrons. The van der Waals surface area contributed by atoms with Gasteiger partial charge in [0, 0.05) is 13.2 Å². The number of nitrogens with two attached hydrogens (primary N) is 1. The second-order valence-corrected chi connectivity index (χ2v) is 3.19. The van der Waals surface area contributed by atoms with Gasteiger partial charge in [-0.25, -0.2) is 0 Å². The van der Waals surface area contributed by atoms with E-state index in [-0.39, 0.29) is 6.04 Å². The first-order valence-corrected chi connectivity index (χ1v) is 5.00. The fourth-order valence-electron chi connectivity index (χ4n) is 1.33. The Kier molecular flexibility index (Phi) is 4.86. The molecule has 0 bridgehead atoms. The average Bonchev–Trinajstić information content (AvgIpc) is 2.19. The van der Waals surface area contributed by atoms with Gasteiger partial charge in [-0.3, -0.25) is 0 Å². The van der Waals surface area contributed by atoms with Gasteiger partial charge in [0.25, 0.3) is 0 Å².